The van der Waals surface area contributed by atoms with E-state index in [1.165, 1.54) is 4.90 Å². The molecule has 1 N–H and O–H groups in total. The normalized spacial score (nSPS) is 12.3. The summed E-state index contributed by atoms with van der Waals surface area (Å²) in [5.74, 6) is -0.805. The van der Waals surface area contributed by atoms with Crippen LogP contribution in [-0.4, -0.2) is 31.9 Å². The Morgan fingerprint density at radius 1 is 1.21 bits per heavy atom. The maximum absolute atomic E-state index is 13.4. The second-order valence-corrected chi connectivity index (χ2v) is 8.42. The van der Waals surface area contributed by atoms with E-state index in [9.17, 15) is 9.59 Å². The van der Waals surface area contributed by atoms with Crippen molar-refractivity contribution in [2.24, 2.45) is 0 Å². The van der Waals surface area contributed by atoms with Crippen LogP contribution in [-0.2, 0) is 4.79 Å². The first-order valence-corrected chi connectivity index (χ1v) is 10.1. The third kappa shape index (κ3) is 5.16. The summed E-state index contributed by atoms with van der Waals surface area (Å²) in [6.07, 6.45) is 3.18. The van der Waals surface area contributed by atoms with Gasteiger partial charge in [-0.25, -0.2) is 0 Å². The number of nitrogens with zero attached hydrogens (tertiary/aromatic N) is 4. The van der Waals surface area contributed by atoms with E-state index in [0.717, 1.165) is 11.5 Å². The number of amides is 2. The summed E-state index contributed by atoms with van der Waals surface area (Å²) >= 11 is 7.24. The molecule has 0 bridgehead atoms. The fourth-order valence-electron chi connectivity index (χ4n) is 2.78. The summed E-state index contributed by atoms with van der Waals surface area (Å²) in [5, 5.41) is 8.83. The smallest absolute Gasteiger partial charge is 0.280 e. The standard InChI is InChI=1S/C20H20ClN5O2S/c1-20(2,3)23-18(27)17(13-6-5-9-22-11-13)26(15-8-4-7-14(21)10-15)19(28)16-12-29-25-24-16/h4-12,17H,1-3H3,(H,23,27). The third-order valence-electron chi connectivity index (χ3n) is 3.89. The number of aromatic nitrogens is 3. The zero-order valence-corrected chi connectivity index (χ0v) is 17.7. The van der Waals surface area contributed by atoms with Gasteiger partial charge in [0.1, 0.15) is 6.04 Å². The Labute approximate surface area is 177 Å². The van der Waals surface area contributed by atoms with E-state index >= 15 is 0 Å². The molecule has 0 aliphatic carbocycles. The Kier molecular flexibility index (Phi) is 6.24. The van der Waals surface area contributed by atoms with Crippen molar-refractivity contribution in [2.45, 2.75) is 32.4 Å². The second kappa shape index (κ2) is 8.67. The molecular formula is C20H20ClN5O2S. The molecule has 1 unspecified atom stereocenters. The van der Waals surface area contributed by atoms with E-state index in [0.29, 0.717) is 16.3 Å². The molecule has 3 aromatic rings. The van der Waals surface area contributed by atoms with Crippen LogP contribution >= 0.6 is 23.1 Å². The van der Waals surface area contributed by atoms with E-state index in [4.69, 9.17) is 11.6 Å². The molecule has 2 heterocycles. The predicted molar refractivity (Wildman–Crippen MR) is 113 cm³/mol. The van der Waals surface area contributed by atoms with Crippen molar-refractivity contribution in [3.63, 3.8) is 0 Å². The van der Waals surface area contributed by atoms with Crippen molar-refractivity contribution in [2.75, 3.05) is 4.90 Å². The molecule has 0 saturated heterocycles. The highest BCUT2D eigenvalue weighted by atomic mass is 35.5. The molecule has 9 heteroatoms. The summed E-state index contributed by atoms with van der Waals surface area (Å²) in [5.41, 5.74) is 0.676. The molecular weight excluding hydrogens is 410 g/mol. The van der Waals surface area contributed by atoms with E-state index < -0.39 is 17.5 Å². The van der Waals surface area contributed by atoms with E-state index in [-0.39, 0.29) is 11.6 Å². The number of benzene rings is 1. The van der Waals surface area contributed by atoms with Gasteiger partial charge in [0.15, 0.2) is 5.69 Å². The highest BCUT2D eigenvalue weighted by molar-refractivity contribution is 7.03. The van der Waals surface area contributed by atoms with E-state index in [1.54, 1.807) is 54.2 Å². The van der Waals surface area contributed by atoms with Gasteiger partial charge in [0.2, 0.25) is 5.91 Å². The Balaban J connectivity index is 2.16. The van der Waals surface area contributed by atoms with Gasteiger partial charge >= 0.3 is 0 Å². The number of halogens is 1. The van der Waals surface area contributed by atoms with Crippen LogP contribution in [0, 0.1) is 0 Å². The van der Waals surface area contributed by atoms with Crippen molar-refractivity contribution < 1.29 is 9.59 Å². The summed E-state index contributed by atoms with van der Waals surface area (Å²) in [6, 6.07) is 9.27. The Hall–Kier alpha value is -2.84. The lowest BCUT2D eigenvalue weighted by molar-refractivity contribution is -0.123. The first-order valence-electron chi connectivity index (χ1n) is 8.84. The van der Waals surface area contributed by atoms with Gasteiger partial charge in [-0.05, 0) is 56.6 Å². The fraction of sp³-hybridized carbons (Fsp3) is 0.250. The number of hydrogen-bond acceptors (Lipinski definition) is 6. The summed E-state index contributed by atoms with van der Waals surface area (Å²) in [6.45, 7) is 5.63. The maximum atomic E-state index is 13.4. The molecule has 0 fully saturated rings. The number of carbonyl (C=O) groups excluding carboxylic acids is 2. The van der Waals surface area contributed by atoms with Crippen LogP contribution in [0.1, 0.15) is 42.9 Å². The molecule has 1 atom stereocenters. The molecule has 1 aromatic carbocycles. The Morgan fingerprint density at radius 2 is 2.00 bits per heavy atom. The van der Waals surface area contributed by atoms with Crippen LogP contribution in [0.5, 0.6) is 0 Å². The van der Waals surface area contributed by atoms with Crippen molar-refractivity contribution in [3.8, 4) is 0 Å². The number of nitrogens with one attached hydrogen (secondary N) is 1. The van der Waals surface area contributed by atoms with Gasteiger partial charge in [-0.15, -0.1) is 5.10 Å². The minimum Gasteiger partial charge on any atom is -0.349 e. The van der Waals surface area contributed by atoms with Crippen molar-refractivity contribution in [1.29, 1.82) is 0 Å². The molecule has 7 nitrogen and oxygen atoms in total. The van der Waals surface area contributed by atoms with Crippen LogP contribution in [0.25, 0.3) is 0 Å². The molecule has 0 saturated carbocycles. The monoisotopic (exact) mass is 429 g/mol. The third-order valence-corrected chi connectivity index (χ3v) is 4.63. The van der Waals surface area contributed by atoms with Crippen molar-refractivity contribution in [3.05, 3.63) is 70.5 Å². The SMILES string of the molecule is CC(C)(C)NC(=O)C(c1cccnc1)N(C(=O)c1csnn1)c1cccc(Cl)c1. The molecule has 0 aliphatic heterocycles. The minimum atomic E-state index is -0.976. The van der Waals surface area contributed by atoms with Gasteiger partial charge in [0.25, 0.3) is 5.91 Å². The van der Waals surface area contributed by atoms with Crippen LogP contribution < -0.4 is 10.2 Å². The lowest BCUT2D eigenvalue weighted by Gasteiger charge is -2.33. The largest absolute Gasteiger partial charge is 0.349 e. The average Bonchev–Trinajstić information content (AvgIpc) is 3.19. The quantitative estimate of drug-likeness (QED) is 0.664. The lowest BCUT2D eigenvalue weighted by atomic mass is 10.0. The van der Waals surface area contributed by atoms with Gasteiger partial charge < -0.3 is 5.32 Å². The van der Waals surface area contributed by atoms with Crippen molar-refractivity contribution in [1.82, 2.24) is 19.9 Å². The highest BCUT2D eigenvalue weighted by Gasteiger charge is 2.36. The molecule has 2 aromatic heterocycles. The summed E-state index contributed by atoms with van der Waals surface area (Å²) < 4.78 is 3.78. The number of pyridine rings is 1. The lowest BCUT2D eigenvalue weighted by Crippen LogP contribution is -2.49. The number of carbonyl (C=O) groups is 2. The molecule has 29 heavy (non-hydrogen) atoms. The predicted octanol–water partition coefficient (Wildman–Crippen LogP) is 3.89. The van der Waals surface area contributed by atoms with Crippen LogP contribution in [0.2, 0.25) is 5.02 Å². The zero-order chi connectivity index (χ0) is 21.0. The first-order chi connectivity index (χ1) is 13.8. The second-order valence-electron chi connectivity index (χ2n) is 7.37. The number of hydrogen-bond donors (Lipinski definition) is 1. The van der Waals surface area contributed by atoms with Gasteiger partial charge in [-0.3, -0.25) is 19.5 Å². The highest BCUT2D eigenvalue weighted by Crippen LogP contribution is 2.31. The van der Waals surface area contributed by atoms with Gasteiger partial charge in [-0.1, -0.05) is 28.2 Å². The first kappa shape index (κ1) is 20.9. The average molecular weight is 430 g/mol. The number of rotatable bonds is 5. The molecule has 150 valence electrons. The Morgan fingerprint density at radius 3 is 2.59 bits per heavy atom. The van der Waals surface area contributed by atoms with E-state index in [1.807, 2.05) is 20.8 Å². The summed E-state index contributed by atoms with van der Waals surface area (Å²) in [4.78, 5) is 32.2. The van der Waals surface area contributed by atoms with Crippen LogP contribution in [0.4, 0.5) is 5.69 Å². The van der Waals surface area contributed by atoms with E-state index in [2.05, 4.69) is 19.9 Å². The molecule has 0 radical (unpaired) electrons. The van der Waals surface area contributed by atoms with Gasteiger partial charge in [-0.2, -0.15) is 0 Å². The van der Waals surface area contributed by atoms with Crippen LogP contribution in [0.15, 0.2) is 54.2 Å². The van der Waals surface area contributed by atoms with Crippen LogP contribution in [0.3, 0.4) is 0 Å². The molecule has 3 rings (SSSR count). The number of anilines is 1. The fourth-order valence-corrected chi connectivity index (χ4v) is 3.40. The summed E-state index contributed by atoms with van der Waals surface area (Å²) in [7, 11) is 0. The molecule has 0 spiro atoms. The molecule has 2 amide bonds. The zero-order valence-electron chi connectivity index (χ0n) is 16.2. The Bertz CT molecular complexity index is 990. The maximum Gasteiger partial charge on any atom is 0.280 e. The van der Waals surface area contributed by atoms with Gasteiger partial charge in [0, 0.05) is 39.6 Å². The van der Waals surface area contributed by atoms with Gasteiger partial charge in [0.05, 0.1) is 0 Å². The molecule has 0 aliphatic rings. The minimum absolute atomic E-state index is 0.146. The topological polar surface area (TPSA) is 88.1 Å². The van der Waals surface area contributed by atoms with Crippen molar-refractivity contribution >= 4 is 40.6 Å².